The molecule has 1 aromatic carbocycles. The molecule has 0 aliphatic carbocycles. The van der Waals surface area contributed by atoms with Crippen LogP contribution in [0.2, 0.25) is 0 Å². The van der Waals surface area contributed by atoms with Crippen LogP contribution in [0.3, 0.4) is 0 Å². The molecular weight excluding hydrogens is 278 g/mol. The number of rotatable bonds is 2. The molecule has 1 aliphatic rings. The van der Waals surface area contributed by atoms with Crippen LogP contribution in [-0.2, 0) is 4.79 Å². The molecule has 114 valence electrons. The van der Waals surface area contributed by atoms with Crippen LogP contribution in [0, 0.1) is 5.92 Å². The van der Waals surface area contributed by atoms with Crippen LogP contribution in [0.1, 0.15) is 24.3 Å². The van der Waals surface area contributed by atoms with Gasteiger partial charge in [-0.1, -0.05) is 38.1 Å². The molecule has 0 bridgehead atoms. The number of aromatic nitrogens is 1. The molecule has 1 atom stereocenters. The van der Waals surface area contributed by atoms with Gasteiger partial charge in [0.25, 0.3) is 5.91 Å². The van der Waals surface area contributed by atoms with E-state index in [9.17, 15) is 9.59 Å². The van der Waals surface area contributed by atoms with E-state index in [1.54, 1.807) is 11.1 Å². The quantitative estimate of drug-likeness (QED) is 0.920. The smallest absolute Gasteiger partial charge is 0.273 e. The van der Waals surface area contributed by atoms with Gasteiger partial charge >= 0.3 is 0 Å². The normalized spacial score (nSPS) is 18.6. The maximum absolute atomic E-state index is 13.0. The van der Waals surface area contributed by atoms with Gasteiger partial charge in [-0.05, 0) is 17.4 Å². The molecule has 1 aliphatic heterocycles. The van der Waals surface area contributed by atoms with Crippen molar-refractivity contribution in [2.45, 2.75) is 19.9 Å². The minimum Gasteiger partial charge on any atom is -0.353 e. The number of nitrogens with zero attached hydrogens (tertiary/aromatic N) is 2. The molecule has 2 amide bonds. The van der Waals surface area contributed by atoms with E-state index in [0.29, 0.717) is 18.8 Å². The summed E-state index contributed by atoms with van der Waals surface area (Å²) < 4.78 is 0. The Balaban J connectivity index is 2.03. The summed E-state index contributed by atoms with van der Waals surface area (Å²) in [7, 11) is 0. The largest absolute Gasteiger partial charge is 0.353 e. The Labute approximate surface area is 129 Å². The van der Waals surface area contributed by atoms with Crippen LogP contribution in [-0.4, -0.2) is 40.8 Å². The standard InChI is InChI=1S/C17H19N3O2/c1-11(2)15-16(21)19-9-10-20(15)17(22)14-13-6-4-3-5-12(13)7-8-18-14/h3-8,11,15H,9-10H2,1-2H3,(H,19,21)/t15-/m0/s1. The summed E-state index contributed by atoms with van der Waals surface area (Å²) in [6, 6.07) is 9.11. The van der Waals surface area contributed by atoms with Crippen LogP contribution in [0.15, 0.2) is 36.5 Å². The average molecular weight is 297 g/mol. The van der Waals surface area contributed by atoms with Crippen molar-refractivity contribution in [3.05, 3.63) is 42.2 Å². The molecule has 2 heterocycles. The van der Waals surface area contributed by atoms with Gasteiger partial charge in [0.2, 0.25) is 5.91 Å². The highest BCUT2D eigenvalue weighted by atomic mass is 16.2. The Kier molecular flexibility index (Phi) is 3.79. The third kappa shape index (κ3) is 2.43. The highest BCUT2D eigenvalue weighted by Gasteiger charge is 2.36. The number of nitrogens with one attached hydrogen (secondary N) is 1. The maximum atomic E-state index is 13.0. The van der Waals surface area contributed by atoms with Crippen LogP contribution in [0.4, 0.5) is 0 Å². The lowest BCUT2D eigenvalue weighted by Crippen LogP contribution is -2.59. The zero-order chi connectivity index (χ0) is 15.7. The Hall–Kier alpha value is -2.43. The summed E-state index contributed by atoms with van der Waals surface area (Å²) in [5.74, 6) is -0.209. The first-order valence-electron chi connectivity index (χ1n) is 7.52. The zero-order valence-electron chi connectivity index (χ0n) is 12.7. The first-order chi connectivity index (χ1) is 10.6. The number of piperazine rings is 1. The lowest BCUT2D eigenvalue weighted by atomic mass is 9.98. The number of amides is 2. The average Bonchev–Trinajstić information content (AvgIpc) is 2.53. The van der Waals surface area contributed by atoms with E-state index in [0.717, 1.165) is 10.8 Å². The van der Waals surface area contributed by atoms with Gasteiger partial charge in [-0.2, -0.15) is 0 Å². The molecule has 0 radical (unpaired) electrons. The first-order valence-corrected chi connectivity index (χ1v) is 7.52. The van der Waals surface area contributed by atoms with E-state index >= 15 is 0 Å². The Bertz CT molecular complexity index is 721. The number of fused-ring (bicyclic) bond motifs is 1. The van der Waals surface area contributed by atoms with Crippen molar-refractivity contribution in [2.24, 2.45) is 5.92 Å². The van der Waals surface area contributed by atoms with Crippen LogP contribution < -0.4 is 5.32 Å². The van der Waals surface area contributed by atoms with Crippen molar-refractivity contribution in [1.82, 2.24) is 15.2 Å². The van der Waals surface area contributed by atoms with E-state index in [4.69, 9.17) is 0 Å². The summed E-state index contributed by atoms with van der Waals surface area (Å²) in [4.78, 5) is 31.0. The predicted molar refractivity (Wildman–Crippen MR) is 84.4 cm³/mol. The fourth-order valence-corrected chi connectivity index (χ4v) is 3.00. The number of hydrogen-bond acceptors (Lipinski definition) is 3. The van der Waals surface area contributed by atoms with Crippen molar-refractivity contribution in [2.75, 3.05) is 13.1 Å². The molecule has 5 nitrogen and oxygen atoms in total. The maximum Gasteiger partial charge on any atom is 0.273 e. The van der Waals surface area contributed by atoms with Crippen LogP contribution in [0.5, 0.6) is 0 Å². The molecule has 0 spiro atoms. The summed E-state index contributed by atoms with van der Waals surface area (Å²) in [6.45, 7) is 4.90. The minimum atomic E-state index is -0.443. The summed E-state index contributed by atoms with van der Waals surface area (Å²) in [5, 5.41) is 4.63. The number of carbonyl (C=O) groups excluding carboxylic acids is 2. The number of hydrogen-bond donors (Lipinski definition) is 1. The lowest BCUT2D eigenvalue weighted by Gasteiger charge is -2.37. The minimum absolute atomic E-state index is 0.0548. The molecule has 1 N–H and O–H groups in total. The zero-order valence-corrected chi connectivity index (χ0v) is 12.7. The topological polar surface area (TPSA) is 62.3 Å². The summed E-state index contributed by atoms with van der Waals surface area (Å²) in [6.07, 6.45) is 1.64. The Morgan fingerprint density at radius 1 is 1.32 bits per heavy atom. The number of carbonyl (C=O) groups is 2. The second kappa shape index (κ2) is 5.75. The van der Waals surface area contributed by atoms with Crippen molar-refractivity contribution >= 4 is 22.6 Å². The van der Waals surface area contributed by atoms with Gasteiger partial charge in [0.15, 0.2) is 0 Å². The molecule has 0 saturated carbocycles. The van der Waals surface area contributed by atoms with Crippen molar-refractivity contribution < 1.29 is 9.59 Å². The lowest BCUT2D eigenvalue weighted by molar-refractivity contribution is -0.129. The number of benzene rings is 1. The van der Waals surface area contributed by atoms with Crippen LogP contribution >= 0.6 is 0 Å². The van der Waals surface area contributed by atoms with Gasteiger partial charge < -0.3 is 10.2 Å². The highest BCUT2D eigenvalue weighted by molar-refractivity contribution is 6.06. The van der Waals surface area contributed by atoms with E-state index in [-0.39, 0.29) is 17.7 Å². The third-order valence-corrected chi connectivity index (χ3v) is 4.02. The molecular formula is C17H19N3O2. The van der Waals surface area contributed by atoms with Crippen molar-refractivity contribution in [3.8, 4) is 0 Å². The van der Waals surface area contributed by atoms with Gasteiger partial charge in [0, 0.05) is 24.7 Å². The second-order valence-electron chi connectivity index (χ2n) is 5.86. The van der Waals surface area contributed by atoms with Crippen LogP contribution in [0.25, 0.3) is 10.8 Å². The first kappa shape index (κ1) is 14.5. The van der Waals surface area contributed by atoms with Crippen molar-refractivity contribution in [1.29, 1.82) is 0 Å². The van der Waals surface area contributed by atoms with E-state index < -0.39 is 6.04 Å². The fourth-order valence-electron chi connectivity index (χ4n) is 3.00. The van der Waals surface area contributed by atoms with Gasteiger partial charge in [-0.15, -0.1) is 0 Å². The van der Waals surface area contributed by atoms with Crippen molar-refractivity contribution in [3.63, 3.8) is 0 Å². The third-order valence-electron chi connectivity index (χ3n) is 4.02. The Morgan fingerprint density at radius 2 is 2.09 bits per heavy atom. The van der Waals surface area contributed by atoms with Gasteiger partial charge in [-0.3, -0.25) is 14.6 Å². The molecule has 2 aromatic rings. The highest BCUT2D eigenvalue weighted by Crippen LogP contribution is 2.21. The van der Waals surface area contributed by atoms with E-state index in [1.165, 1.54) is 0 Å². The second-order valence-corrected chi connectivity index (χ2v) is 5.86. The molecule has 3 rings (SSSR count). The van der Waals surface area contributed by atoms with Gasteiger partial charge in [-0.25, -0.2) is 0 Å². The molecule has 1 aromatic heterocycles. The van der Waals surface area contributed by atoms with Gasteiger partial charge in [0.1, 0.15) is 11.7 Å². The SMILES string of the molecule is CC(C)[C@H]1C(=O)NCCN1C(=O)c1nccc2ccccc12. The van der Waals surface area contributed by atoms with E-state index in [2.05, 4.69) is 10.3 Å². The monoisotopic (exact) mass is 297 g/mol. The predicted octanol–water partition coefficient (Wildman–Crippen LogP) is 1.83. The van der Waals surface area contributed by atoms with Gasteiger partial charge in [0.05, 0.1) is 0 Å². The molecule has 22 heavy (non-hydrogen) atoms. The summed E-state index contributed by atoms with van der Waals surface area (Å²) >= 11 is 0. The summed E-state index contributed by atoms with van der Waals surface area (Å²) in [5.41, 5.74) is 0.415. The molecule has 5 heteroatoms. The van der Waals surface area contributed by atoms with E-state index in [1.807, 2.05) is 44.2 Å². The number of pyridine rings is 1. The fraction of sp³-hybridized carbons (Fsp3) is 0.353. The molecule has 1 fully saturated rings. The molecule has 1 saturated heterocycles. The molecule has 0 unspecified atom stereocenters. The Morgan fingerprint density at radius 3 is 2.86 bits per heavy atom.